The number of hydrogen-bond donors (Lipinski definition) is 1. The Bertz CT molecular complexity index is 954. The fraction of sp³-hybridized carbons (Fsp3) is 0.176. The Balaban J connectivity index is 1.97. The lowest BCUT2D eigenvalue weighted by atomic mass is 10.2. The number of rotatable bonds is 4. The molecule has 0 unspecified atom stereocenters. The Morgan fingerprint density at radius 1 is 1.21 bits per heavy atom. The predicted octanol–water partition coefficient (Wildman–Crippen LogP) is 3.03. The third kappa shape index (κ3) is 3.00. The average Bonchev–Trinajstić information content (AvgIpc) is 2.60. The molecule has 7 heteroatoms. The van der Waals surface area contributed by atoms with Crippen LogP contribution in [0.2, 0.25) is 5.02 Å². The lowest BCUT2D eigenvalue weighted by Crippen LogP contribution is -2.35. The summed E-state index contributed by atoms with van der Waals surface area (Å²) in [4.78, 5) is 25.2. The molecule has 6 nitrogen and oxygen atoms in total. The largest absolute Gasteiger partial charge is 0.323 e. The van der Waals surface area contributed by atoms with Crippen LogP contribution in [0.4, 0.5) is 5.69 Å². The molecule has 0 radical (unpaired) electrons. The molecule has 0 saturated heterocycles. The molecule has 0 fully saturated rings. The molecule has 1 amide bonds. The normalized spacial score (nSPS) is 12.1. The van der Waals surface area contributed by atoms with Crippen molar-refractivity contribution in [1.29, 1.82) is 0 Å². The summed E-state index contributed by atoms with van der Waals surface area (Å²) in [6.07, 6.45) is 0.392. The summed E-state index contributed by atoms with van der Waals surface area (Å²) in [5, 5.41) is 11.5. The lowest BCUT2D eigenvalue weighted by molar-refractivity contribution is -0.119. The number of nitrogens with one attached hydrogen (secondary N) is 1. The highest BCUT2D eigenvalue weighted by Crippen LogP contribution is 2.22. The van der Waals surface area contributed by atoms with Crippen LogP contribution < -0.4 is 10.9 Å². The number of aromatic nitrogens is 3. The summed E-state index contributed by atoms with van der Waals surface area (Å²) < 4.78 is 1.12. The Kier molecular flexibility index (Phi) is 4.57. The topological polar surface area (TPSA) is 76.9 Å². The van der Waals surface area contributed by atoms with E-state index < -0.39 is 6.04 Å². The lowest BCUT2D eigenvalue weighted by Gasteiger charge is -2.16. The number of para-hydroxylation sites is 1. The highest BCUT2D eigenvalue weighted by Gasteiger charge is 2.22. The molecule has 2 aromatic carbocycles. The van der Waals surface area contributed by atoms with Gasteiger partial charge in [-0.25, -0.2) is 0 Å². The minimum absolute atomic E-state index is 0.346. The quantitative estimate of drug-likeness (QED) is 0.790. The van der Waals surface area contributed by atoms with Gasteiger partial charge in [0, 0.05) is 0 Å². The van der Waals surface area contributed by atoms with Crippen LogP contribution in [0.15, 0.2) is 53.3 Å². The standard InChI is InChI=1S/C17H15ClN4O2/c1-2-15(16(23)19-14-10-6-4-8-12(14)18)22-17(24)11-7-3-5-9-13(11)20-21-22/h3-10,15H,2H2,1H3,(H,19,23)/t15-/m1/s1. The second-order valence-corrected chi connectivity index (χ2v) is 5.66. The number of halogens is 1. The Morgan fingerprint density at radius 2 is 1.92 bits per heavy atom. The Hall–Kier alpha value is -2.73. The van der Waals surface area contributed by atoms with Crippen LogP contribution in [0.25, 0.3) is 10.9 Å². The molecule has 24 heavy (non-hydrogen) atoms. The van der Waals surface area contributed by atoms with Crippen molar-refractivity contribution in [3.63, 3.8) is 0 Å². The maximum Gasteiger partial charge on any atom is 0.278 e. The summed E-state index contributed by atoms with van der Waals surface area (Å²) in [5.74, 6) is -0.364. The van der Waals surface area contributed by atoms with Gasteiger partial charge in [-0.2, -0.15) is 4.68 Å². The molecule has 122 valence electrons. The van der Waals surface area contributed by atoms with Crippen molar-refractivity contribution in [3.05, 3.63) is 63.9 Å². The number of fused-ring (bicyclic) bond motifs is 1. The van der Waals surface area contributed by atoms with E-state index >= 15 is 0 Å². The van der Waals surface area contributed by atoms with Crippen molar-refractivity contribution in [1.82, 2.24) is 15.0 Å². The first kappa shape index (κ1) is 16.1. The average molecular weight is 343 g/mol. The molecule has 1 atom stereocenters. The second kappa shape index (κ2) is 6.80. The van der Waals surface area contributed by atoms with Gasteiger partial charge in [-0.05, 0) is 30.7 Å². The minimum Gasteiger partial charge on any atom is -0.323 e. The van der Waals surface area contributed by atoms with Gasteiger partial charge in [0.2, 0.25) is 5.91 Å². The van der Waals surface area contributed by atoms with Gasteiger partial charge >= 0.3 is 0 Å². The van der Waals surface area contributed by atoms with Crippen molar-refractivity contribution in [2.75, 3.05) is 5.32 Å². The van der Waals surface area contributed by atoms with Crippen molar-refractivity contribution >= 4 is 34.1 Å². The van der Waals surface area contributed by atoms with Crippen LogP contribution in [-0.4, -0.2) is 20.9 Å². The zero-order valence-corrected chi connectivity index (χ0v) is 13.7. The highest BCUT2D eigenvalue weighted by molar-refractivity contribution is 6.33. The maximum absolute atomic E-state index is 12.6. The highest BCUT2D eigenvalue weighted by atomic mass is 35.5. The van der Waals surface area contributed by atoms with E-state index in [1.807, 2.05) is 0 Å². The van der Waals surface area contributed by atoms with E-state index in [-0.39, 0.29) is 11.5 Å². The Labute approximate surface area is 143 Å². The number of benzene rings is 2. The van der Waals surface area contributed by atoms with E-state index in [0.29, 0.717) is 28.0 Å². The second-order valence-electron chi connectivity index (χ2n) is 5.25. The fourth-order valence-electron chi connectivity index (χ4n) is 2.45. The summed E-state index contributed by atoms with van der Waals surface area (Å²) in [6.45, 7) is 1.81. The molecule has 0 aliphatic heterocycles. The fourth-order valence-corrected chi connectivity index (χ4v) is 2.64. The summed E-state index contributed by atoms with van der Waals surface area (Å²) in [6, 6.07) is 13.1. The SMILES string of the molecule is CC[C@H](C(=O)Nc1ccccc1Cl)n1nnc2ccccc2c1=O. The Morgan fingerprint density at radius 3 is 2.67 bits per heavy atom. The van der Waals surface area contributed by atoms with Crippen LogP contribution in [0, 0.1) is 0 Å². The van der Waals surface area contributed by atoms with E-state index in [1.54, 1.807) is 55.5 Å². The number of anilines is 1. The van der Waals surface area contributed by atoms with Gasteiger partial charge in [0.1, 0.15) is 11.6 Å². The number of nitrogens with zero attached hydrogens (tertiary/aromatic N) is 3. The number of carbonyl (C=O) groups is 1. The molecule has 0 aliphatic carbocycles. The molecule has 1 aromatic heterocycles. The van der Waals surface area contributed by atoms with Crippen molar-refractivity contribution in [2.45, 2.75) is 19.4 Å². The van der Waals surface area contributed by atoms with E-state index in [4.69, 9.17) is 11.6 Å². The van der Waals surface area contributed by atoms with Gasteiger partial charge in [-0.3, -0.25) is 9.59 Å². The van der Waals surface area contributed by atoms with Crippen molar-refractivity contribution in [2.24, 2.45) is 0 Å². The molecule has 1 heterocycles. The zero-order valence-electron chi connectivity index (χ0n) is 12.9. The van der Waals surface area contributed by atoms with E-state index in [1.165, 1.54) is 0 Å². The first-order valence-electron chi connectivity index (χ1n) is 7.51. The first-order chi connectivity index (χ1) is 11.6. The number of hydrogen-bond acceptors (Lipinski definition) is 4. The first-order valence-corrected chi connectivity index (χ1v) is 7.89. The number of carbonyl (C=O) groups excluding carboxylic acids is 1. The third-order valence-corrected chi connectivity index (χ3v) is 4.04. The van der Waals surface area contributed by atoms with Gasteiger partial charge in [0.05, 0.1) is 16.1 Å². The van der Waals surface area contributed by atoms with E-state index in [9.17, 15) is 9.59 Å². The number of amides is 1. The van der Waals surface area contributed by atoms with Gasteiger partial charge in [0.25, 0.3) is 5.56 Å². The third-order valence-electron chi connectivity index (χ3n) is 3.71. The predicted molar refractivity (Wildman–Crippen MR) is 93.2 cm³/mol. The van der Waals surface area contributed by atoms with E-state index in [2.05, 4.69) is 15.6 Å². The molecule has 3 rings (SSSR count). The van der Waals surface area contributed by atoms with Crippen LogP contribution in [-0.2, 0) is 4.79 Å². The van der Waals surface area contributed by atoms with Crippen LogP contribution in [0.1, 0.15) is 19.4 Å². The maximum atomic E-state index is 12.6. The molecule has 0 aliphatic rings. The van der Waals surface area contributed by atoms with Crippen LogP contribution in [0.5, 0.6) is 0 Å². The van der Waals surface area contributed by atoms with Crippen LogP contribution >= 0.6 is 11.6 Å². The molecule has 0 saturated carbocycles. The smallest absolute Gasteiger partial charge is 0.278 e. The molecule has 0 bridgehead atoms. The van der Waals surface area contributed by atoms with Gasteiger partial charge in [-0.15, -0.1) is 5.10 Å². The minimum atomic E-state index is -0.772. The monoisotopic (exact) mass is 342 g/mol. The van der Waals surface area contributed by atoms with Gasteiger partial charge in [-0.1, -0.05) is 48.0 Å². The molecular weight excluding hydrogens is 328 g/mol. The van der Waals surface area contributed by atoms with E-state index in [0.717, 1.165) is 4.68 Å². The molecular formula is C17H15ClN4O2. The van der Waals surface area contributed by atoms with Crippen molar-refractivity contribution < 1.29 is 4.79 Å². The summed E-state index contributed by atoms with van der Waals surface area (Å²) in [5.41, 5.74) is 0.645. The van der Waals surface area contributed by atoms with Crippen LogP contribution in [0.3, 0.4) is 0 Å². The molecule has 1 N–H and O–H groups in total. The zero-order chi connectivity index (χ0) is 17.1. The van der Waals surface area contributed by atoms with Crippen molar-refractivity contribution in [3.8, 4) is 0 Å². The molecule has 3 aromatic rings. The summed E-state index contributed by atoms with van der Waals surface area (Å²) in [7, 11) is 0. The molecule has 0 spiro atoms. The summed E-state index contributed by atoms with van der Waals surface area (Å²) >= 11 is 6.06. The van der Waals surface area contributed by atoms with Gasteiger partial charge < -0.3 is 5.32 Å². The van der Waals surface area contributed by atoms with Gasteiger partial charge in [0.15, 0.2) is 0 Å².